The van der Waals surface area contributed by atoms with Crippen LogP contribution in [0.2, 0.25) is 0 Å². The minimum atomic E-state index is -6.13. The van der Waals surface area contributed by atoms with Gasteiger partial charge in [-0.3, -0.25) is 5.32 Å². The van der Waals surface area contributed by atoms with Crippen LogP contribution in [0.15, 0.2) is 170 Å². The van der Waals surface area contributed by atoms with E-state index in [9.17, 15) is 105 Å². The Morgan fingerprint density at radius 1 is 0.287 bits per heavy atom. The predicted molar refractivity (Wildman–Crippen MR) is 343 cm³/mol. The molecular weight excluding hydrogens is 1380 g/mol. The zero-order valence-electron chi connectivity index (χ0n) is 53.2. The highest BCUT2D eigenvalue weighted by Gasteiger charge is 2.48. The van der Waals surface area contributed by atoms with E-state index in [2.05, 4.69) is 128 Å². The smallest absolute Gasteiger partial charge is 0.269 e. The summed E-state index contributed by atoms with van der Waals surface area (Å²) in [5, 5.41) is 18.6. The molecule has 0 saturated carbocycles. The molecule has 0 spiro atoms. The largest absolute Gasteiger partial charge is 0.416 e. The van der Waals surface area contributed by atoms with E-state index >= 15 is 0 Å². The lowest BCUT2D eigenvalue weighted by atomic mass is 9.12. The number of hydrogen-bond donors (Lipinski definition) is 1. The first-order valence-corrected chi connectivity index (χ1v) is 31.6. The standard InChI is InChI=1S/C42H44N2.C32H12BF24/c1-4-7-26-42(27-8-5-2,28-9-6-3)44-37-25-23-31-21-20-30-19-18-29-22-24-36-34-16-11-10-14-32(34)33-15-12-13-17-35(33)40(36)38(29)39(30)41(31)43-37;34-25(35,36)13-1-14(26(37,38)39)6-21(5-13)33(22-7-15(27(40,41)42)2-16(8-22)28(43,44)45,23-9-17(29(46,47)48)3-18(10-23)30(49,50)51)24-11-19(31(52,53)54)4-20(12-24)32(55,56)57/h10-25H,4-9,26-28H2,1-3H3,(H,43,44);1-12H/q;-1/p+1. The average molecular weight is 1440 g/mol. The van der Waals surface area contributed by atoms with Crippen LogP contribution in [0.1, 0.15) is 123 Å². The first-order chi connectivity index (χ1) is 46.9. The van der Waals surface area contributed by atoms with E-state index in [4.69, 9.17) is 0 Å². The van der Waals surface area contributed by atoms with E-state index in [0.29, 0.717) is 0 Å². The molecule has 0 atom stereocenters. The Hall–Kier alpha value is -8.91. The zero-order chi connectivity index (χ0) is 74.0. The molecule has 0 fully saturated rings. The molecule has 0 bridgehead atoms. The van der Waals surface area contributed by atoms with Gasteiger partial charge in [0.2, 0.25) is 0 Å². The highest BCUT2D eigenvalue weighted by molar-refractivity contribution is 7.20. The molecule has 101 heavy (non-hydrogen) atoms. The van der Waals surface area contributed by atoms with E-state index < -0.39 is 195 Å². The highest BCUT2D eigenvalue weighted by atomic mass is 19.4. The number of anilines is 1. The summed E-state index contributed by atoms with van der Waals surface area (Å²) in [5.41, 5.74) is -28.9. The number of hydrogen-bond acceptors (Lipinski definition) is 1. The quantitative estimate of drug-likeness (QED) is 0.0618. The number of alkyl halides is 24. The Kier molecular flexibility index (Phi) is 20.1. The van der Waals surface area contributed by atoms with Crippen LogP contribution in [-0.2, 0) is 49.4 Å². The fraction of sp³-hybridized carbons (Fsp3) is 0.284. The van der Waals surface area contributed by atoms with E-state index in [-0.39, 0.29) is 5.54 Å². The number of fused-ring (bicyclic) bond motifs is 12. The van der Waals surface area contributed by atoms with Gasteiger partial charge < -0.3 is 0 Å². The Morgan fingerprint density at radius 3 is 0.851 bits per heavy atom. The fourth-order valence-electron chi connectivity index (χ4n) is 13.8. The summed E-state index contributed by atoms with van der Waals surface area (Å²) in [6.45, 7) is 6.96. The lowest BCUT2D eigenvalue weighted by Crippen LogP contribution is -2.75. The van der Waals surface area contributed by atoms with Crippen molar-refractivity contribution in [1.82, 2.24) is 0 Å². The minimum Gasteiger partial charge on any atom is -0.269 e. The van der Waals surface area contributed by atoms with Crippen molar-refractivity contribution in [3.8, 4) is 0 Å². The van der Waals surface area contributed by atoms with E-state index in [1.807, 2.05) is 0 Å². The summed E-state index contributed by atoms with van der Waals surface area (Å²) in [7, 11) is 0. The van der Waals surface area contributed by atoms with Crippen LogP contribution in [0.3, 0.4) is 0 Å². The Morgan fingerprint density at radius 2 is 0.545 bits per heavy atom. The lowest BCUT2D eigenvalue weighted by molar-refractivity contribution is -0.327. The number of unbranched alkanes of at least 4 members (excludes halogenated alkanes) is 3. The number of aromatic nitrogens is 1. The highest BCUT2D eigenvalue weighted by Crippen LogP contribution is 2.46. The van der Waals surface area contributed by atoms with Crippen LogP contribution in [0.5, 0.6) is 0 Å². The molecule has 10 aromatic carbocycles. The van der Waals surface area contributed by atoms with Crippen molar-refractivity contribution in [3.05, 3.63) is 214 Å². The summed E-state index contributed by atoms with van der Waals surface area (Å²) in [5.74, 6) is 1.14. The predicted octanol–water partition coefficient (Wildman–Crippen LogP) is 23.4. The van der Waals surface area contributed by atoms with Gasteiger partial charge in [0.05, 0.1) is 44.5 Å². The SMILES string of the molecule is CCCCC(CCCC)(CCCC)Nc1ccc2ccc3ccc4ccc5c6ccccc6c6ccccc6c5c4c3c2[nH+]1.FC(F)(F)c1cc([B-](c2cc(C(F)(F)F)cc(C(F)(F)F)c2)(c2cc(C(F)(F)F)cc(C(F)(F)F)c2)c2cc(C(F)(F)F)cc(C(F)(F)F)c2)cc(C(F)(F)F)c1. The molecule has 0 radical (unpaired) electrons. The van der Waals surface area contributed by atoms with Crippen molar-refractivity contribution in [2.45, 2.75) is 134 Å². The zero-order valence-corrected chi connectivity index (χ0v) is 53.2. The monoisotopic (exact) mass is 1440 g/mol. The molecule has 27 heteroatoms. The van der Waals surface area contributed by atoms with Gasteiger partial charge in [0.25, 0.3) is 5.82 Å². The molecule has 1 aromatic heterocycles. The molecular formula is C74H57BF24N2. The first-order valence-electron chi connectivity index (χ1n) is 31.6. The van der Waals surface area contributed by atoms with Gasteiger partial charge in [-0.2, -0.15) is 127 Å². The minimum absolute atomic E-state index is 0.126. The van der Waals surface area contributed by atoms with Crippen molar-refractivity contribution < 1.29 is 110 Å². The molecule has 11 rings (SSSR count). The van der Waals surface area contributed by atoms with Crippen LogP contribution < -0.4 is 32.2 Å². The van der Waals surface area contributed by atoms with Gasteiger partial charge in [-0.05, 0) is 112 Å². The van der Waals surface area contributed by atoms with Crippen molar-refractivity contribution in [1.29, 1.82) is 0 Å². The number of rotatable bonds is 15. The molecule has 0 amide bonds. The van der Waals surface area contributed by atoms with Gasteiger partial charge in [0.1, 0.15) is 17.2 Å². The van der Waals surface area contributed by atoms with Crippen LogP contribution in [0, 0.1) is 0 Å². The van der Waals surface area contributed by atoms with Gasteiger partial charge in [0, 0.05) is 22.2 Å². The van der Waals surface area contributed by atoms with Gasteiger partial charge >= 0.3 is 49.4 Å². The summed E-state index contributed by atoms with van der Waals surface area (Å²) in [6.07, 6.45) is -43.7. The molecule has 0 aliphatic heterocycles. The maximum absolute atomic E-state index is 14.2. The third-order valence-electron chi connectivity index (χ3n) is 18.5. The second-order valence-electron chi connectivity index (χ2n) is 25.2. The van der Waals surface area contributed by atoms with Gasteiger partial charge in [-0.1, -0.05) is 173 Å². The van der Waals surface area contributed by atoms with Crippen LogP contribution in [0.25, 0.3) is 64.8 Å². The number of aromatic amines is 1. The number of pyridine rings is 1. The average Bonchev–Trinajstić information content (AvgIpc) is 0.716. The summed E-state index contributed by atoms with van der Waals surface area (Å²) < 4.78 is 341. The summed E-state index contributed by atoms with van der Waals surface area (Å²) in [4.78, 5) is 3.99. The fourth-order valence-corrected chi connectivity index (χ4v) is 13.8. The number of benzene rings is 10. The van der Waals surface area contributed by atoms with Crippen molar-refractivity contribution in [2.75, 3.05) is 5.32 Å². The third-order valence-corrected chi connectivity index (χ3v) is 18.5. The van der Waals surface area contributed by atoms with Crippen molar-refractivity contribution in [2.24, 2.45) is 0 Å². The second kappa shape index (κ2) is 27.1. The number of H-pyrrole nitrogens is 1. The lowest BCUT2D eigenvalue weighted by Gasteiger charge is -2.46. The van der Waals surface area contributed by atoms with E-state index in [1.54, 1.807) is 0 Å². The maximum Gasteiger partial charge on any atom is 0.416 e. The molecule has 534 valence electrons. The van der Waals surface area contributed by atoms with Crippen molar-refractivity contribution >= 4 is 98.6 Å². The number of halogens is 24. The molecule has 0 aliphatic rings. The molecule has 2 N–H and O–H groups in total. The second-order valence-corrected chi connectivity index (χ2v) is 25.2. The summed E-state index contributed by atoms with van der Waals surface area (Å²) >= 11 is 0. The Labute approximate surface area is 560 Å². The van der Waals surface area contributed by atoms with E-state index in [1.165, 1.54) is 123 Å². The Bertz CT molecular complexity index is 4400. The number of nitrogens with one attached hydrogen (secondary N) is 2. The van der Waals surface area contributed by atoms with Crippen LogP contribution in [-0.4, -0.2) is 11.7 Å². The van der Waals surface area contributed by atoms with Crippen LogP contribution >= 0.6 is 0 Å². The normalized spacial score (nSPS) is 13.5. The first kappa shape index (κ1) is 74.8. The summed E-state index contributed by atoms with van der Waals surface area (Å²) in [6, 6.07) is 27.5. The maximum atomic E-state index is 14.2. The molecule has 11 aromatic rings. The molecule has 1 heterocycles. The molecule has 0 aliphatic carbocycles. The van der Waals surface area contributed by atoms with Crippen LogP contribution in [0.4, 0.5) is 111 Å². The van der Waals surface area contributed by atoms with Crippen molar-refractivity contribution in [3.63, 3.8) is 0 Å². The molecule has 0 saturated heterocycles. The van der Waals surface area contributed by atoms with E-state index in [0.717, 1.165) is 5.82 Å². The molecule has 2 nitrogen and oxygen atoms in total. The van der Waals surface area contributed by atoms with Gasteiger partial charge in [-0.25, -0.2) is 4.98 Å². The van der Waals surface area contributed by atoms with Gasteiger partial charge in [0.15, 0.2) is 0 Å². The Balaban J connectivity index is 0.000000224. The van der Waals surface area contributed by atoms with Gasteiger partial charge in [-0.15, -0.1) is 0 Å². The molecule has 0 unspecified atom stereocenters. The third kappa shape index (κ3) is 15.3. The topological polar surface area (TPSA) is 26.2 Å².